The zero-order chi connectivity index (χ0) is 9.26. The highest BCUT2D eigenvalue weighted by atomic mass is 16.2. The summed E-state index contributed by atoms with van der Waals surface area (Å²) in [6.45, 7) is 2.88. The third-order valence-electron chi connectivity index (χ3n) is 2.88. The number of amides is 2. The van der Waals surface area contributed by atoms with Gasteiger partial charge in [0.25, 0.3) is 0 Å². The number of carbonyl (C=O) groups excluding carboxylic acids is 1. The molecular formula is C9H17N3O. The minimum Gasteiger partial charge on any atom is -0.328 e. The van der Waals surface area contributed by atoms with Crippen LogP contribution in [0.15, 0.2) is 0 Å². The van der Waals surface area contributed by atoms with Gasteiger partial charge < -0.3 is 9.80 Å². The molecule has 4 nitrogen and oxygen atoms in total. The van der Waals surface area contributed by atoms with Gasteiger partial charge in [-0.1, -0.05) is 0 Å². The molecule has 0 saturated carbocycles. The van der Waals surface area contributed by atoms with Crippen molar-refractivity contribution < 1.29 is 4.79 Å². The first kappa shape index (κ1) is 8.81. The van der Waals surface area contributed by atoms with Crippen molar-refractivity contribution in [1.82, 2.24) is 15.1 Å². The quantitative estimate of drug-likeness (QED) is 0.641. The molecule has 0 bridgehead atoms. The van der Waals surface area contributed by atoms with Crippen molar-refractivity contribution in [3.8, 4) is 0 Å². The Balaban J connectivity index is 2.00. The number of rotatable bonds is 1. The lowest BCUT2D eigenvalue weighted by molar-refractivity contribution is 0.113. The predicted octanol–water partition coefficient (Wildman–Crippen LogP) is 0.453. The average Bonchev–Trinajstić information content (AvgIpc) is 2.62. The lowest BCUT2D eigenvalue weighted by Gasteiger charge is -2.37. The van der Waals surface area contributed by atoms with E-state index in [2.05, 4.69) is 5.32 Å². The molecular weight excluding hydrogens is 166 g/mol. The normalized spacial score (nSPS) is 29.9. The summed E-state index contributed by atoms with van der Waals surface area (Å²) in [6, 6.07) is 0.186. The molecule has 13 heavy (non-hydrogen) atoms. The second-order valence-corrected chi connectivity index (χ2v) is 3.86. The Bertz CT molecular complexity index is 201. The lowest BCUT2D eigenvalue weighted by atomic mass is 10.2. The molecule has 74 valence electrons. The van der Waals surface area contributed by atoms with Crippen LogP contribution in [0.2, 0.25) is 0 Å². The van der Waals surface area contributed by atoms with E-state index in [4.69, 9.17) is 0 Å². The van der Waals surface area contributed by atoms with Crippen molar-refractivity contribution in [2.24, 2.45) is 0 Å². The van der Waals surface area contributed by atoms with E-state index in [0.29, 0.717) is 6.17 Å². The minimum absolute atomic E-state index is 0.186. The summed E-state index contributed by atoms with van der Waals surface area (Å²) in [5, 5.41) is 3.36. The van der Waals surface area contributed by atoms with Crippen LogP contribution in [0.25, 0.3) is 0 Å². The van der Waals surface area contributed by atoms with Gasteiger partial charge in [0.05, 0.1) is 6.17 Å². The topological polar surface area (TPSA) is 35.6 Å². The highest BCUT2D eigenvalue weighted by Gasteiger charge is 2.30. The van der Waals surface area contributed by atoms with E-state index in [9.17, 15) is 4.79 Å². The van der Waals surface area contributed by atoms with Gasteiger partial charge >= 0.3 is 6.03 Å². The van der Waals surface area contributed by atoms with E-state index in [1.807, 2.05) is 16.8 Å². The van der Waals surface area contributed by atoms with Gasteiger partial charge in [-0.15, -0.1) is 0 Å². The summed E-state index contributed by atoms with van der Waals surface area (Å²) in [7, 11) is 1.88. The molecule has 1 N–H and O–H groups in total. The number of hydrogen-bond acceptors (Lipinski definition) is 2. The fraction of sp³-hybridized carbons (Fsp3) is 0.889. The fourth-order valence-electron chi connectivity index (χ4n) is 2.11. The molecule has 2 saturated heterocycles. The van der Waals surface area contributed by atoms with Crippen molar-refractivity contribution in [3.05, 3.63) is 0 Å². The Kier molecular flexibility index (Phi) is 2.40. The van der Waals surface area contributed by atoms with Crippen molar-refractivity contribution in [2.45, 2.75) is 25.4 Å². The highest BCUT2D eigenvalue weighted by molar-refractivity contribution is 5.75. The van der Waals surface area contributed by atoms with E-state index in [0.717, 1.165) is 32.5 Å². The van der Waals surface area contributed by atoms with Crippen LogP contribution < -0.4 is 5.32 Å². The summed E-state index contributed by atoms with van der Waals surface area (Å²) in [5.74, 6) is 0. The van der Waals surface area contributed by atoms with E-state index in [-0.39, 0.29) is 6.03 Å². The van der Waals surface area contributed by atoms with Gasteiger partial charge in [0, 0.05) is 20.1 Å². The molecule has 4 heteroatoms. The molecule has 0 aliphatic carbocycles. The first-order valence-electron chi connectivity index (χ1n) is 5.04. The highest BCUT2D eigenvalue weighted by Crippen LogP contribution is 2.16. The maximum atomic E-state index is 11.7. The summed E-state index contributed by atoms with van der Waals surface area (Å²) < 4.78 is 0. The molecule has 0 aromatic carbocycles. The van der Waals surface area contributed by atoms with Gasteiger partial charge in [0.1, 0.15) is 0 Å². The largest absolute Gasteiger partial charge is 0.328 e. The van der Waals surface area contributed by atoms with Crippen LogP contribution in [0, 0.1) is 0 Å². The summed E-state index contributed by atoms with van der Waals surface area (Å²) >= 11 is 0. The third-order valence-corrected chi connectivity index (χ3v) is 2.88. The molecule has 0 aromatic rings. The van der Waals surface area contributed by atoms with Crippen LogP contribution in [0.3, 0.4) is 0 Å². The number of hydrogen-bond donors (Lipinski definition) is 1. The van der Waals surface area contributed by atoms with Crippen LogP contribution in [0.4, 0.5) is 4.79 Å². The van der Waals surface area contributed by atoms with Gasteiger partial charge in [0.2, 0.25) is 0 Å². The molecule has 2 heterocycles. The Labute approximate surface area is 78.9 Å². The molecule has 1 unspecified atom stereocenters. The van der Waals surface area contributed by atoms with Crippen molar-refractivity contribution in [2.75, 3.05) is 26.7 Å². The van der Waals surface area contributed by atoms with Gasteiger partial charge in [-0.05, 0) is 25.8 Å². The molecule has 0 spiro atoms. The van der Waals surface area contributed by atoms with Crippen LogP contribution in [-0.2, 0) is 0 Å². The first-order chi connectivity index (χ1) is 6.29. The first-order valence-corrected chi connectivity index (χ1v) is 5.04. The van der Waals surface area contributed by atoms with E-state index >= 15 is 0 Å². The lowest BCUT2D eigenvalue weighted by Crippen LogP contribution is -2.54. The van der Waals surface area contributed by atoms with Crippen LogP contribution >= 0.6 is 0 Å². The number of nitrogens with one attached hydrogen (secondary N) is 1. The molecule has 1 atom stereocenters. The second-order valence-electron chi connectivity index (χ2n) is 3.86. The van der Waals surface area contributed by atoms with E-state index in [1.165, 1.54) is 6.42 Å². The van der Waals surface area contributed by atoms with Crippen LogP contribution in [-0.4, -0.2) is 48.7 Å². The molecule has 2 fully saturated rings. The Morgan fingerprint density at radius 2 is 2.23 bits per heavy atom. The summed E-state index contributed by atoms with van der Waals surface area (Å²) in [6.07, 6.45) is 3.70. The standard InChI is InChI=1S/C9H17N3O/c1-11-6-3-7-12(9(11)13)8-4-2-5-10-8/h8,10H,2-7H2,1H3. The second kappa shape index (κ2) is 3.54. The number of urea groups is 1. The van der Waals surface area contributed by atoms with Gasteiger partial charge in [0.15, 0.2) is 0 Å². The van der Waals surface area contributed by atoms with Crippen LogP contribution in [0.1, 0.15) is 19.3 Å². The van der Waals surface area contributed by atoms with E-state index < -0.39 is 0 Å². The van der Waals surface area contributed by atoms with E-state index in [1.54, 1.807) is 0 Å². The Morgan fingerprint density at radius 1 is 1.38 bits per heavy atom. The maximum Gasteiger partial charge on any atom is 0.320 e. The van der Waals surface area contributed by atoms with Gasteiger partial charge in [-0.3, -0.25) is 5.32 Å². The zero-order valence-electron chi connectivity index (χ0n) is 8.12. The average molecular weight is 183 g/mol. The molecule has 2 aliphatic rings. The summed E-state index contributed by atoms with van der Waals surface area (Å²) in [4.78, 5) is 15.5. The number of nitrogens with zero attached hydrogens (tertiary/aromatic N) is 2. The van der Waals surface area contributed by atoms with Crippen molar-refractivity contribution in [3.63, 3.8) is 0 Å². The van der Waals surface area contributed by atoms with Crippen molar-refractivity contribution in [1.29, 1.82) is 0 Å². The molecule has 2 rings (SSSR count). The summed E-state index contributed by atoms with van der Waals surface area (Å²) in [5.41, 5.74) is 0. The van der Waals surface area contributed by atoms with Crippen molar-refractivity contribution >= 4 is 6.03 Å². The monoisotopic (exact) mass is 183 g/mol. The Morgan fingerprint density at radius 3 is 2.92 bits per heavy atom. The predicted molar refractivity (Wildman–Crippen MR) is 50.4 cm³/mol. The molecule has 0 radical (unpaired) electrons. The fourth-order valence-corrected chi connectivity index (χ4v) is 2.11. The number of carbonyl (C=O) groups is 1. The molecule has 2 amide bonds. The zero-order valence-corrected chi connectivity index (χ0v) is 8.12. The maximum absolute atomic E-state index is 11.7. The SMILES string of the molecule is CN1CCCN(C2CCCN2)C1=O. The Hall–Kier alpha value is -0.770. The van der Waals surface area contributed by atoms with Gasteiger partial charge in [-0.25, -0.2) is 4.79 Å². The molecule has 0 aromatic heterocycles. The molecule has 2 aliphatic heterocycles. The smallest absolute Gasteiger partial charge is 0.320 e. The third kappa shape index (κ3) is 1.63. The van der Waals surface area contributed by atoms with Gasteiger partial charge in [-0.2, -0.15) is 0 Å². The minimum atomic E-state index is 0.186. The van der Waals surface area contributed by atoms with Crippen LogP contribution in [0.5, 0.6) is 0 Å².